The Morgan fingerprint density at radius 3 is 3.05 bits per heavy atom. The second-order valence-corrected chi connectivity index (χ2v) is 6.85. The van der Waals surface area contributed by atoms with Crippen LogP contribution in [0.2, 0.25) is 0 Å². The fourth-order valence-corrected chi connectivity index (χ4v) is 4.02. The molecule has 0 N–H and O–H groups in total. The minimum absolute atomic E-state index is 0.0897. The highest BCUT2D eigenvalue weighted by atomic mass is 32.1. The van der Waals surface area contributed by atoms with Gasteiger partial charge in [0, 0.05) is 11.4 Å². The Hall–Kier alpha value is -2.14. The van der Waals surface area contributed by atoms with Crippen molar-refractivity contribution in [1.82, 2.24) is 9.55 Å². The van der Waals surface area contributed by atoms with E-state index in [1.165, 1.54) is 4.88 Å². The number of allylic oxidation sites excluding steroid dienone is 1. The first-order chi connectivity index (χ1) is 10.6. The minimum atomic E-state index is 0.0897. The van der Waals surface area contributed by atoms with Gasteiger partial charge < -0.3 is 4.42 Å². The van der Waals surface area contributed by atoms with E-state index in [2.05, 4.69) is 0 Å². The predicted octanol–water partition coefficient (Wildman–Crippen LogP) is 4.00. The first-order valence-corrected chi connectivity index (χ1v) is 8.22. The summed E-state index contributed by atoms with van der Waals surface area (Å²) in [5.41, 5.74) is 2.23. The summed E-state index contributed by atoms with van der Waals surface area (Å²) in [7, 11) is 0. The molecule has 5 heteroatoms. The van der Waals surface area contributed by atoms with Crippen LogP contribution in [0.5, 0.6) is 0 Å². The summed E-state index contributed by atoms with van der Waals surface area (Å²) in [6.07, 6.45) is 5.53. The first kappa shape index (κ1) is 13.5. The second-order valence-electron chi connectivity index (χ2n) is 5.64. The molecule has 0 atom stereocenters. The molecule has 3 aromatic rings. The maximum atomic E-state index is 12.8. The van der Waals surface area contributed by atoms with Crippen LogP contribution in [0.1, 0.15) is 34.9 Å². The Morgan fingerprint density at radius 2 is 2.27 bits per heavy atom. The van der Waals surface area contributed by atoms with Crippen LogP contribution in [-0.2, 0) is 6.54 Å². The SMILES string of the molecule is Cc1sc2nc3n(c(=O)c2c1C)CCC/C3=C\c1ccco1. The Kier molecular flexibility index (Phi) is 3.04. The number of hydrogen-bond acceptors (Lipinski definition) is 4. The molecule has 0 spiro atoms. The Balaban J connectivity index is 1.99. The fraction of sp³-hybridized carbons (Fsp3) is 0.294. The molecule has 112 valence electrons. The summed E-state index contributed by atoms with van der Waals surface area (Å²) in [6.45, 7) is 4.79. The molecular weight excluding hydrogens is 296 g/mol. The van der Waals surface area contributed by atoms with Gasteiger partial charge in [0.25, 0.3) is 5.56 Å². The van der Waals surface area contributed by atoms with Gasteiger partial charge in [-0.1, -0.05) is 0 Å². The molecule has 0 aliphatic carbocycles. The van der Waals surface area contributed by atoms with E-state index < -0.39 is 0 Å². The van der Waals surface area contributed by atoms with E-state index in [1.54, 1.807) is 17.6 Å². The van der Waals surface area contributed by atoms with E-state index in [4.69, 9.17) is 9.40 Å². The average Bonchev–Trinajstić information content (AvgIpc) is 3.10. The predicted molar refractivity (Wildman–Crippen MR) is 89.2 cm³/mol. The zero-order valence-corrected chi connectivity index (χ0v) is 13.4. The number of aromatic nitrogens is 2. The van der Waals surface area contributed by atoms with Gasteiger partial charge in [0.2, 0.25) is 0 Å². The van der Waals surface area contributed by atoms with Crippen molar-refractivity contribution < 1.29 is 4.42 Å². The van der Waals surface area contributed by atoms with Crippen LogP contribution in [0.3, 0.4) is 0 Å². The molecule has 4 rings (SSSR count). The van der Waals surface area contributed by atoms with Gasteiger partial charge in [-0.25, -0.2) is 4.98 Å². The van der Waals surface area contributed by atoms with Crippen LogP contribution in [0.4, 0.5) is 0 Å². The standard InChI is InChI=1S/C17H16N2O2S/c1-10-11(2)22-16-14(10)17(20)19-7-3-5-12(15(19)18-16)9-13-6-4-8-21-13/h4,6,8-9H,3,5,7H2,1-2H3/b12-9+. The summed E-state index contributed by atoms with van der Waals surface area (Å²) in [4.78, 5) is 19.6. The normalized spacial score (nSPS) is 16.4. The lowest BCUT2D eigenvalue weighted by Gasteiger charge is -2.20. The van der Waals surface area contributed by atoms with Gasteiger partial charge in [0.15, 0.2) is 0 Å². The number of rotatable bonds is 1. The molecule has 0 aromatic carbocycles. The van der Waals surface area contributed by atoms with Crippen molar-refractivity contribution in [3.8, 4) is 0 Å². The van der Waals surface area contributed by atoms with Crippen LogP contribution >= 0.6 is 11.3 Å². The Labute approximate surface area is 131 Å². The van der Waals surface area contributed by atoms with Crippen LogP contribution < -0.4 is 5.56 Å². The molecule has 1 aliphatic rings. The number of furan rings is 1. The van der Waals surface area contributed by atoms with E-state index in [9.17, 15) is 4.79 Å². The Morgan fingerprint density at radius 1 is 1.41 bits per heavy atom. The largest absolute Gasteiger partial charge is 0.465 e. The average molecular weight is 312 g/mol. The fourth-order valence-electron chi connectivity index (χ4n) is 3.00. The second kappa shape index (κ2) is 4.95. The third kappa shape index (κ3) is 1.96. The molecule has 1 aliphatic heterocycles. The van der Waals surface area contributed by atoms with Crippen LogP contribution in [0, 0.1) is 13.8 Å². The van der Waals surface area contributed by atoms with Crippen molar-refractivity contribution in [2.24, 2.45) is 0 Å². The van der Waals surface area contributed by atoms with Crippen molar-refractivity contribution in [3.05, 3.63) is 50.8 Å². The van der Waals surface area contributed by atoms with Gasteiger partial charge >= 0.3 is 0 Å². The summed E-state index contributed by atoms with van der Waals surface area (Å²) < 4.78 is 7.22. The molecule has 4 heterocycles. The van der Waals surface area contributed by atoms with Gasteiger partial charge in [0.1, 0.15) is 16.4 Å². The van der Waals surface area contributed by atoms with E-state index in [0.717, 1.165) is 52.3 Å². The maximum Gasteiger partial charge on any atom is 0.262 e. The van der Waals surface area contributed by atoms with Crippen molar-refractivity contribution >= 4 is 33.2 Å². The van der Waals surface area contributed by atoms with Gasteiger partial charge in [-0.05, 0) is 56.0 Å². The quantitative estimate of drug-likeness (QED) is 0.682. The lowest BCUT2D eigenvalue weighted by molar-refractivity contribution is 0.555. The molecule has 0 unspecified atom stereocenters. The lowest BCUT2D eigenvalue weighted by atomic mass is 10.0. The van der Waals surface area contributed by atoms with Crippen LogP contribution in [0.25, 0.3) is 21.9 Å². The molecule has 0 saturated carbocycles. The monoisotopic (exact) mass is 312 g/mol. The summed E-state index contributed by atoms with van der Waals surface area (Å²) in [5, 5.41) is 0.783. The molecule has 0 bridgehead atoms. The Bertz CT molecular complexity index is 945. The van der Waals surface area contributed by atoms with E-state index in [0.29, 0.717) is 0 Å². The highest BCUT2D eigenvalue weighted by Crippen LogP contribution is 2.31. The van der Waals surface area contributed by atoms with Crippen molar-refractivity contribution in [2.45, 2.75) is 33.2 Å². The van der Waals surface area contributed by atoms with Gasteiger partial charge in [-0.15, -0.1) is 11.3 Å². The van der Waals surface area contributed by atoms with Gasteiger partial charge in [-0.2, -0.15) is 0 Å². The van der Waals surface area contributed by atoms with Gasteiger partial charge in [-0.3, -0.25) is 9.36 Å². The molecule has 3 aromatic heterocycles. The molecular formula is C17H16N2O2S. The van der Waals surface area contributed by atoms with Gasteiger partial charge in [0.05, 0.1) is 11.6 Å². The minimum Gasteiger partial charge on any atom is -0.465 e. The summed E-state index contributed by atoms with van der Waals surface area (Å²) in [6, 6.07) is 3.78. The number of nitrogens with zero attached hydrogens (tertiary/aromatic N) is 2. The highest BCUT2D eigenvalue weighted by molar-refractivity contribution is 7.18. The molecule has 0 radical (unpaired) electrons. The number of thiophene rings is 1. The first-order valence-electron chi connectivity index (χ1n) is 7.40. The summed E-state index contributed by atoms with van der Waals surface area (Å²) in [5.74, 6) is 1.60. The van der Waals surface area contributed by atoms with E-state index in [1.807, 2.05) is 36.6 Å². The summed E-state index contributed by atoms with van der Waals surface area (Å²) >= 11 is 1.60. The topological polar surface area (TPSA) is 48.0 Å². The molecule has 0 amide bonds. The number of hydrogen-bond donors (Lipinski definition) is 0. The van der Waals surface area contributed by atoms with E-state index >= 15 is 0 Å². The van der Waals surface area contributed by atoms with Crippen molar-refractivity contribution in [1.29, 1.82) is 0 Å². The van der Waals surface area contributed by atoms with Crippen LogP contribution in [-0.4, -0.2) is 9.55 Å². The van der Waals surface area contributed by atoms with E-state index in [-0.39, 0.29) is 5.56 Å². The highest BCUT2D eigenvalue weighted by Gasteiger charge is 2.21. The lowest BCUT2D eigenvalue weighted by Crippen LogP contribution is -2.27. The molecule has 4 nitrogen and oxygen atoms in total. The zero-order valence-electron chi connectivity index (χ0n) is 12.5. The molecule has 22 heavy (non-hydrogen) atoms. The third-order valence-corrected chi connectivity index (χ3v) is 5.36. The smallest absolute Gasteiger partial charge is 0.262 e. The van der Waals surface area contributed by atoms with Crippen molar-refractivity contribution in [3.63, 3.8) is 0 Å². The maximum absolute atomic E-state index is 12.8. The number of fused-ring (bicyclic) bond motifs is 2. The number of aryl methyl sites for hydroxylation is 2. The van der Waals surface area contributed by atoms with Crippen LogP contribution in [0.15, 0.2) is 27.6 Å². The molecule has 0 saturated heterocycles. The third-order valence-electron chi connectivity index (χ3n) is 4.26. The van der Waals surface area contributed by atoms with Crippen molar-refractivity contribution in [2.75, 3.05) is 0 Å². The zero-order chi connectivity index (χ0) is 15.3. The molecule has 0 fully saturated rings.